The molecule has 0 aliphatic carbocycles. The predicted molar refractivity (Wildman–Crippen MR) is 71.7 cm³/mol. The van der Waals surface area contributed by atoms with E-state index in [0.29, 0.717) is 5.75 Å². The molecule has 0 fully saturated rings. The van der Waals surface area contributed by atoms with E-state index in [4.69, 9.17) is 5.73 Å². The van der Waals surface area contributed by atoms with Gasteiger partial charge in [-0.2, -0.15) is 13.2 Å². The third kappa shape index (κ3) is 4.22. The number of alkyl halides is 3. The number of nitrogen functional groups attached to an aromatic ring is 1. The lowest BCUT2D eigenvalue weighted by atomic mass is 10.1. The van der Waals surface area contributed by atoms with Crippen LogP contribution >= 0.6 is 0 Å². The number of nitrogens with two attached hydrogens (primary N) is 1. The first-order valence-corrected chi connectivity index (χ1v) is 7.35. The van der Waals surface area contributed by atoms with E-state index in [-0.39, 0.29) is 17.9 Å². The third-order valence-electron chi connectivity index (χ3n) is 2.59. The Kier molecular flexibility index (Phi) is 5.55. The molecule has 1 atom stereocenters. The van der Waals surface area contributed by atoms with Crippen LogP contribution in [0.2, 0.25) is 0 Å². The number of anilines is 1. The van der Waals surface area contributed by atoms with Crippen molar-refractivity contribution in [2.75, 3.05) is 23.8 Å². The van der Waals surface area contributed by atoms with Crippen molar-refractivity contribution >= 4 is 22.4 Å². The summed E-state index contributed by atoms with van der Waals surface area (Å²) in [4.78, 5) is 11.8. The van der Waals surface area contributed by atoms with Gasteiger partial charge >= 0.3 is 6.18 Å². The Morgan fingerprint density at radius 1 is 1.40 bits per heavy atom. The molecular formula is C12H15F3N2O2S. The van der Waals surface area contributed by atoms with E-state index >= 15 is 0 Å². The monoisotopic (exact) mass is 308 g/mol. The molecule has 20 heavy (non-hydrogen) atoms. The Morgan fingerprint density at radius 3 is 2.60 bits per heavy atom. The van der Waals surface area contributed by atoms with Gasteiger partial charge < -0.3 is 11.1 Å². The van der Waals surface area contributed by atoms with Crippen molar-refractivity contribution in [2.45, 2.75) is 13.1 Å². The van der Waals surface area contributed by atoms with E-state index in [0.717, 1.165) is 12.1 Å². The minimum atomic E-state index is -4.61. The first-order valence-electron chi connectivity index (χ1n) is 5.86. The lowest BCUT2D eigenvalue weighted by molar-refractivity contribution is -0.136. The van der Waals surface area contributed by atoms with Crippen LogP contribution in [0.4, 0.5) is 18.9 Å². The normalized spacial score (nSPS) is 13.0. The quantitative estimate of drug-likeness (QED) is 0.815. The van der Waals surface area contributed by atoms with Gasteiger partial charge in [0.25, 0.3) is 5.91 Å². The van der Waals surface area contributed by atoms with Gasteiger partial charge in [-0.1, -0.05) is 13.0 Å². The average molecular weight is 308 g/mol. The van der Waals surface area contributed by atoms with Gasteiger partial charge in [-0.3, -0.25) is 9.00 Å². The van der Waals surface area contributed by atoms with Crippen LogP contribution in [0.1, 0.15) is 22.8 Å². The van der Waals surface area contributed by atoms with Crippen LogP contribution in [0.25, 0.3) is 0 Å². The molecule has 8 heteroatoms. The molecule has 0 spiro atoms. The van der Waals surface area contributed by atoms with Crippen molar-refractivity contribution < 1.29 is 22.2 Å². The Morgan fingerprint density at radius 2 is 2.05 bits per heavy atom. The van der Waals surface area contributed by atoms with E-state index < -0.39 is 34.1 Å². The van der Waals surface area contributed by atoms with Crippen molar-refractivity contribution in [3.05, 3.63) is 29.3 Å². The molecule has 1 amide bonds. The highest BCUT2D eigenvalue weighted by molar-refractivity contribution is 7.84. The highest BCUT2D eigenvalue weighted by atomic mass is 32.2. The SMILES string of the molecule is CCS(=O)CCNC(=O)c1cccc(C(F)(F)F)c1N. The van der Waals surface area contributed by atoms with Crippen LogP contribution < -0.4 is 11.1 Å². The summed E-state index contributed by atoms with van der Waals surface area (Å²) < 4.78 is 49.1. The molecule has 3 N–H and O–H groups in total. The molecule has 0 aromatic heterocycles. The maximum Gasteiger partial charge on any atom is 0.418 e. The smallest absolute Gasteiger partial charge is 0.398 e. The van der Waals surface area contributed by atoms with Crippen LogP contribution in [0.3, 0.4) is 0 Å². The Balaban J connectivity index is 2.82. The lowest BCUT2D eigenvalue weighted by Gasteiger charge is -2.13. The molecule has 0 aliphatic heterocycles. The molecule has 1 aromatic rings. The first-order chi connectivity index (χ1) is 9.27. The van der Waals surface area contributed by atoms with Crippen molar-refractivity contribution in [2.24, 2.45) is 0 Å². The second-order valence-corrected chi connectivity index (χ2v) is 5.82. The van der Waals surface area contributed by atoms with E-state index in [1.54, 1.807) is 6.92 Å². The molecule has 0 heterocycles. The van der Waals surface area contributed by atoms with Gasteiger partial charge in [0, 0.05) is 28.9 Å². The second-order valence-electron chi connectivity index (χ2n) is 3.95. The number of hydrogen-bond donors (Lipinski definition) is 2. The zero-order valence-electron chi connectivity index (χ0n) is 10.8. The number of rotatable bonds is 5. The number of halogens is 3. The van der Waals surface area contributed by atoms with Gasteiger partial charge in [-0.05, 0) is 12.1 Å². The minimum absolute atomic E-state index is 0.120. The van der Waals surface area contributed by atoms with Gasteiger partial charge in [-0.15, -0.1) is 0 Å². The molecule has 0 aliphatic rings. The molecule has 4 nitrogen and oxygen atoms in total. The molecule has 0 saturated heterocycles. The topological polar surface area (TPSA) is 72.2 Å². The second kappa shape index (κ2) is 6.74. The van der Waals surface area contributed by atoms with Crippen LogP contribution in [0.15, 0.2) is 18.2 Å². The number of hydrogen-bond acceptors (Lipinski definition) is 3. The standard InChI is InChI=1S/C12H15F3N2O2S/c1-2-20(19)7-6-17-11(18)8-4-3-5-9(10(8)16)12(13,14)15/h3-5H,2,6-7,16H2,1H3,(H,17,18). The number of para-hydroxylation sites is 1. The molecule has 112 valence electrons. The molecule has 0 bridgehead atoms. The number of nitrogens with one attached hydrogen (secondary N) is 1. The van der Waals surface area contributed by atoms with Crippen molar-refractivity contribution in [1.82, 2.24) is 5.32 Å². The molecule has 1 rings (SSSR count). The summed E-state index contributed by atoms with van der Waals surface area (Å²) in [7, 11) is -1.05. The summed E-state index contributed by atoms with van der Waals surface area (Å²) in [5.74, 6) is 0.00423. The zero-order valence-corrected chi connectivity index (χ0v) is 11.6. The third-order valence-corrected chi connectivity index (χ3v) is 3.90. The van der Waals surface area contributed by atoms with Gasteiger partial charge in [-0.25, -0.2) is 0 Å². The lowest BCUT2D eigenvalue weighted by Crippen LogP contribution is -2.29. The summed E-state index contributed by atoms with van der Waals surface area (Å²) in [6, 6.07) is 3.16. The fourth-order valence-electron chi connectivity index (χ4n) is 1.53. The van der Waals surface area contributed by atoms with Crippen LogP contribution in [0, 0.1) is 0 Å². The molecule has 0 radical (unpaired) electrons. The average Bonchev–Trinajstić information content (AvgIpc) is 2.37. The van der Waals surface area contributed by atoms with Crippen LogP contribution in [-0.4, -0.2) is 28.2 Å². The Hall–Kier alpha value is -1.57. The van der Waals surface area contributed by atoms with E-state index in [9.17, 15) is 22.2 Å². The number of carbonyl (C=O) groups excluding carboxylic acids is 1. The maximum absolute atomic E-state index is 12.6. The Labute approximate surface area is 117 Å². The summed E-state index contributed by atoms with van der Waals surface area (Å²) in [6.45, 7) is 1.86. The molecule has 1 aromatic carbocycles. The predicted octanol–water partition coefficient (Wildman–Crippen LogP) is 1.79. The van der Waals surface area contributed by atoms with Crippen molar-refractivity contribution in [1.29, 1.82) is 0 Å². The summed E-state index contributed by atoms with van der Waals surface area (Å²) >= 11 is 0. The maximum atomic E-state index is 12.6. The summed E-state index contributed by atoms with van der Waals surface area (Å²) in [5.41, 5.74) is 3.51. The van der Waals surface area contributed by atoms with Crippen LogP contribution in [0.5, 0.6) is 0 Å². The zero-order chi connectivity index (χ0) is 15.3. The number of carbonyl (C=O) groups is 1. The van der Waals surface area contributed by atoms with Crippen molar-refractivity contribution in [3.8, 4) is 0 Å². The fraction of sp³-hybridized carbons (Fsp3) is 0.417. The first kappa shape index (κ1) is 16.5. The largest absolute Gasteiger partial charge is 0.418 e. The van der Waals surface area contributed by atoms with Crippen molar-refractivity contribution in [3.63, 3.8) is 0 Å². The highest BCUT2D eigenvalue weighted by Gasteiger charge is 2.34. The van der Waals surface area contributed by atoms with E-state index in [1.807, 2.05) is 0 Å². The molecule has 0 saturated carbocycles. The highest BCUT2D eigenvalue weighted by Crippen LogP contribution is 2.34. The van der Waals surface area contributed by atoms with Gasteiger partial charge in [0.1, 0.15) is 0 Å². The number of amides is 1. The Bertz CT molecular complexity index is 518. The van der Waals surface area contributed by atoms with E-state index in [1.165, 1.54) is 6.07 Å². The summed E-state index contributed by atoms with van der Waals surface area (Å²) in [5, 5.41) is 2.40. The molecule has 1 unspecified atom stereocenters. The van der Waals surface area contributed by atoms with Gasteiger partial charge in [0.15, 0.2) is 0 Å². The van der Waals surface area contributed by atoms with Gasteiger partial charge in [0.2, 0.25) is 0 Å². The fourth-order valence-corrected chi connectivity index (χ4v) is 2.15. The minimum Gasteiger partial charge on any atom is -0.398 e. The number of benzene rings is 1. The van der Waals surface area contributed by atoms with E-state index in [2.05, 4.69) is 5.32 Å². The van der Waals surface area contributed by atoms with Crippen LogP contribution in [-0.2, 0) is 17.0 Å². The summed E-state index contributed by atoms with van der Waals surface area (Å²) in [6.07, 6.45) is -4.61. The molecular weight excluding hydrogens is 293 g/mol. The van der Waals surface area contributed by atoms with Gasteiger partial charge in [0.05, 0.1) is 16.8 Å².